The number of benzene rings is 1. The molecule has 0 spiro atoms. The standard InChI is InChI=1S/C17H18N2O7.C6H6ClNOS/c1-2-23-16(21)14-15(20)18(5-6-24-14)10-3-4-12-13(7-10)25-8-11-9-26-17(22)19(11)12;1-8-6(9)4-2-3-5(7)10-4/h3-4,7,11,14H,2,5-6,8-9H2,1H3;2-3H,1H3,(H,8,9). The van der Waals surface area contributed by atoms with Gasteiger partial charge in [-0.25, -0.2) is 9.59 Å². The number of nitrogens with zero attached hydrogens (tertiary/aromatic N) is 2. The minimum Gasteiger partial charge on any atom is -0.489 e. The largest absolute Gasteiger partial charge is 0.489 e. The maximum atomic E-state index is 12.6. The molecular weight excluding hydrogens is 514 g/mol. The Labute approximate surface area is 215 Å². The number of cyclic esters (lactones) is 1. The van der Waals surface area contributed by atoms with E-state index in [2.05, 4.69) is 5.32 Å². The Morgan fingerprint density at radius 3 is 2.67 bits per heavy atom. The van der Waals surface area contributed by atoms with Gasteiger partial charge in [0.25, 0.3) is 11.8 Å². The van der Waals surface area contributed by atoms with Crippen LogP contribution in [-0.4, -0.2) is 76.0 Å². The topological polar surface area (TPSA) is 124 Å². The molecule has 2 aromatic rings. The van der Waals surface area contributed by atoms with Crippen molar-refractivity contribution < 1.29 is 38.1 Å². The molecule has 0 radical (unpaired) electrons. The Hall–Kier alpha value is -3.35. The lowest BCUT2D eigenvalue weighted by atomic mass is 10.1. The van der Waals surface area contributed by atoms with E-state index in [-0.39, 0.29) is 25.2 Å². The monoisotopic (exact) mass is 537 g/mol. The molecule has 1 aromatic heterocycles. The van der Waals surface area contributed by atoms with Crippen LogP contribution in [0.2, 0.25) is 4.34 Å². The summed E-state index contributed by atoms with van der Waals surface area (Å²) in [7, 11) is 1.59. The normalized spacial score (nSPS) is 20.3. The van der Waals surface area contributed by atoms with Crippen molar-refractivity contribution in [2.75, 3.05) is 49.8 Å². The molecule has 11 nitrogen and oxygen atoms in total. The lowest BCUT2D eigenvalue weighted by molar-refractivity contribution is -0.163. The van der Waals surface area contributed by atoms with E-state index in [1.165, 1.54) is 16.2 Å². The molecule has 192 valence electrons. The predicted molar refractivity (Wildman–Crippen MR) is 131 cm³/mol. The maximum Gasteiger partial charge on any atom is 0.414 e. The number of nitrogens with one attached hydrogen (secondary N) is 1. The molecule has 0 saturated carbocycles. The first-order chi connectivity index (χ1) is 17.3. The molecule has 36 heavy (non-hydrogen) atoms. The smallest absolute Gasteiger partial charge is 0.414 e. The van der Waals surface area contributed by atoms with Crippen molar-refractivity contribution in [2.45, 2.75) is 19.1 Å². The van der Waals surface area contributed by atoms with Crippen LogP contribution >= 0.6 is 22.9 Å². The van der Waals surface area contributed by atoms with Crippen LogP contribution in [0.1, 0.15) is 16.6 Å². The molecule has 3 aliphatic heterocycles. The zero-order valence-electron chi connectivity index (χ0n) is 19.5. The summed E-state index contributed by atoms with van der Waals surface area (Å²) in [5.74, 6) is -0.774. The zero-order valence-corrected chi connectivity index (χ0v) is 21.1. The van der Waals surface area contributed by atoms with Crippen LogP contribution in [0, 0.1) is 0 Å². The number of morpholine rings is 1. The molecule has 2 unspecified atom stereocenters. The summed E-state index contributed by atoms with van der Waals surface area (Å²) in [5, 5.41) is 2.51. The van der Waals surface area contributed by atoms with Gasteiger partial charge in [0.2, 0.25) is 6.10 Å². The summed E-state index contributed by atoms with van der Waals surface area (Å²) in [4.78, 5) is 51.0. The quantitative estimate of drug-likeness (QED) is 0.466. The SMILES string of the molecule is CCOC(=O)C1OCCN(c2ccc3c(c2)OCC2COC(=O)N32)C1=O.CNC(=O)c1ccc(Cl)s1. The average molecular weight is 538 g/mol. The van der Waals surface area contributed by atoms with E-state index < -0.39 is 24.1 Å². The molecule has 2 atom stereocenters. The van der Waals surface area contributed by atoms with Crippen LogP contribution in [0.15, 0.2) is 30.3 Å². The van der Waals surface area contributed by atoms with Gasteiger partial charge in [0, 0.05) is 25.3 Å². The number of anilines is 2. The average Bonchev–Trinajstić information content (AvgIpc) is 3.49. The Bertz CT molecular complexity index is 1170. The maximum absolute atomic E-state index is 12.6. The summed E-state index contributed by atoms with van der Waals surface area (Å²) in [6.07, 6.45) is -1.67. The summed E-state index contributed by atoms with van der Waals surface area (Å²) in [6.45, 7) is 2.98. The van der Waals surface area contributed by atoms with Crippen molar-refractivity contribution in [1.82, 2.24) is 5.32 Å². The van der Waals surface area contributed by atoms with Crippen LogP contribution in [0.4, 0.5) is 16.2 Å². The van der Waals surface area contributed by atoms with Gasteiger partial charge in [-0.3, -0.25) is 14.5 Å². The number of fused-ring (bicyclic) bond motifs is 3. The first-order valence-corrected chi connectivity index (χ1v) is 12.3. The van der Waals surface area contributed by atoms with E-state index in [4.69, 9.17) is 30.5 Å². The highest BCUT2D eigenvalue weighted by molar-refractivity contribution is 7.17. The van der Waals surface area contributed by atoms with Gasteiger partial charge in [0.05, 0.1) is 28.1 Å². The van der Waals surface area contributed by atoms with Gasteiger partial charge in [-0.05, 0) is 31.2 Å². The second kappa shape index (κ2) is 11.1. The minimum absolute atomic E-state index is 0.0862. The van der Waals surface area contributed by atoms with Gasteiger partial charge in [-0.15, -0.1) is 11.3 Å². The molecule has 1 aromatic carbocycles. The van der Waals surface area contributed by atoms with Crippen LogP contribution in [0.5, 0.6) is 5.75 Å². The van der Waals surface area contributed by atoms with Gasteiger partial charge in [0.15, 0.2) is 0 Å². The summed E-state index contributed by atoms with van der Waals surface area (Å²) in [6, 6.07) is 8.37. The lowest BCUT2D eigenvalue weighted by Gasteiger charge is -2.33. The van der Waals surface area contributed by atoms with E-state index in [1.54, 1.807) is 49.2 Å². The van der Waals surface area contributed by atoms with Crippen molar-refractivity contribution in [3.05, 3.63) is 39.5 Å². The molecule has 5 rings (SSSR count). The third kappa shape index (κ3) is 5.25. The number of ether oxygens (including phenoxy) is 4. The number of esters is 1. The first-order valence-electron chi connectivity index (χ1n) is 11.1. The second-order valence-electron chi connectivity index (χ2n) is 7.74. The van der Waals surface area contributed by atoms with Crippen molar-refractivity contribution in [3.8, 4) is 5.75 Å². The van der Waals surface area contributed by atoms with Gasteiger partial charge in [0.1, 0.15) is 25.0 Å². The van der Waals surface area contributed by atoms with Crippen molar-refractivity contribution in [1.29, 1.82) is 0 Å². The summed E-state index contributed by atoms with van der Waals surface area (Å²) >= 11 is 6.87. The molecule has 13 heteroatoms. The third-order valence-corrected chi connectivity index (χ3v) is 6.75. The minimum atomic E-state index is -1.27. The van der Waals surface area contributed by atoms with E-state index >= 15 is 0 Å². The number of rotatable bonds is 4. The molecule has 0 bridgehead atoms. The van der Waals surface area contributed by atoms with E-state index in [0.29, 0.717) is 46.1 Å². The first kappa shape index (κ1) is 25.7. The van der Waals surface area contributed by atoms with E-state index in [0.717, 1.165) is 0 Å². The molecular formula is C23H24ClN3O8S. The van der Waals surface area contributed by atoms with Crippen molar-refractivity contribution >= 4 is 58.2 Å². The number of hydrogen-bond donors (Lipinski definition) is 1. The molecule has 3 aliphatic rings. The molecule has 0 aliphatic carbocycles. The lowest BCUT2D eigenvalue weighted by Crippen LogP contribution is -2.51. The molecule has 4 heterocycles. The van der Waals surface area contributed by atoms with Crippen LogP contribution in [0.3, 0.4) is 0 Å². The highest BCUT2D eigenvalue weighted by atomic mass is 35.5. The molecule has 3 amide bonds. The fraction of sp³-hybridized carbons (Fsp3) is 0.391. The number of thiophene rings is 1. The van der Waals surface area contributed by atoms with Gasteiger partial charge < -0.3 is 29.2 Å². The van der Waals surface area contributed by atoms with Gasteiger partial charge in [-0.1, -0.05) is 11.6 Å². The van der Waals surface area contributed by atoms with Crippen LogP contribution in [0.25, 0.3) is 0 Å². The molecule has 1 N–H and O–H groups in total. The Kier molecular flexibility index (Phi) is 7.97. The van der Waals surface area contributed by atoms with E-state index in [9.17, 15) is 19.2 Å². The Morgan fingerprint density at radius 2 is 1.97 bits per heavy atom. The Morgan fingerprint density at radius 1 is 1.19 bits per heavy atom. The number of halogens is 1. The third-order valence-electron chi connectivity index (χ3n) is 5.52. The van der Waals surface area contributed by atoms with Crippen LogP contribution in [-0.2, 0) is 23.8 Å². The zero-order chi connectivity index (χ0) is 25.8. The fourth-order valence-corrected chi connectivity index (χ4v) is 4.83. The Balaban J connectivity index is 0.000000256. The van der Waals surface area contributed by atoms with Gasteiger partial charge >= 0.3 is 12.1 Å². The number of carbonyl (C=O) groups excluding carboxylic acids is 4. The second-order valence-corrected chi connectivity index (χ2v) is 9.45. The number of amides is 3. The van der Waals surface area contributed by atoms with Gasteiger partial charge in [-0.2, -0.15) is 0 Å². The molecule has 2 fully saturated rings. The fourth-order valence-electron chi connectivity index (χ4n) is 3.84. The number of hydrogen-bond acceptors (Lipinski definition) is 9. The highest BCUT2D eigenvalue weighted by Gasteiger charge is 2.41. The highest BCUT2D eigenvalue weighted by Crippen LogP contribution is 2.39. The van der Waals surface area contributed by atoms with Crippen molar-refractivity contribution in [2.24, 2.45) is 0 Å². The van der Waals surface area contributed by atoms with Crippen molar-refractivity contribution in [3.63, 3.8) is 0 Å². The predicted octanol–water partition coefficient (Wildman–Crippen LogP) is 2.46. The van der Waals surface area contributed by atoms with Crippen LogP contribution < -0.4 is 19.9 Å². The van der Waals surface area contributed by atoms with E-state index in [1.807, 2.05) is 0 Å². The summed E-state index contributed by atoms with van der Waals surface area (Å²) < 4.78 is 21.6. The molecule has 2 saturated heterocycles. The number of carbonyl (C=O) groups is 4. The summed E-state index contributed by atoms with van der Waals surface area (Å²) in [5.41, 5.74) is 1.17.